The van der Waals surface area contributed by atoms with Gasteiger partial charge in [-0.05, 0) is 29.7 Å². The molecule has 0 N–H and O–H groups in total. The summed E-state index contributed by atoms with van der Waals surface area (Å²) in [6, 6.07) is 9.40. The summed E-state index contributed by atoms with van der Waals surface area (Å²) in [4.78, 5) is 11.9. The first-order valence-corrected chi connectivity index (χ1v) is 5.33. The first-order chi connectivity index (χ1) is 7.68. The zero-order valence-corrected chi connectivity index (χ0v) is 9.42. The lowest BCUT2D eigenvalue weighted by molar-refractivity contribution is 0.0945. The number of hydrogen-bond acceptors (Lipinski definition) is 2. The van der Waals surface area contributed by atoms with Gasteiger partial charge >= 0.3 is 0 Å². The van der Waals surface area contributed by atoms with Gasteiger partial charge in [-0.15, -0.1) is 0 Å². The SMILES string of the molecule is CC(C)c1ccc(C(=O)n2cccn2)cc1. The number of rotatable bonds is 2. The first kappa shape index (κ1) is 10.6. The molecule has 0 radical (unpaired) electrons. The van der Waals surface area contributed by atoms with E-state index in [1.165, 1.54) is 10.2 Å². The van der Waals surface area contributed by atoms with Crippen molar-refractivity contribution in [1.29, 1.82) is 0 Å². The van der Waals surface area contributed by atoms with Gasteiger partial charge in [0.1, 0.15) is 0 Å². The van der Waals surface area contributed by atoms with Crippen LogP contribution < -0.4 is 0 Å². The van der Waals surface area contributed by atoms with E-state index < -0.39 is 0 Å². The van der Waals surface area contributed by atoms with Crippen LogP contribution in [0.4, 0.5) is 0 Å². The minimum Gasteiger partial charge on any atom is -0.267 e. The zero-order valence-electron chi connectivity index (χ0n) is 9.42. The van der Waals surface area contributed by atoms with Gasteiger partial charge in [-0.25, -0.2) is 4.68 Å². The molecule has 0 spiro atoms. The van der Waals surface area contributed by atoms with Crippen LogP contribution in [0.1, 0.15) is 35.7 Å². The molecule has 0 aliphatic carbocycles. The zero-order chi connectivity index (χ0) is 11.5. The third-order valence-electron chi connectivity index (χ3n) is 2.54. The summed E-state index contributed by atoms with van der Waals surface area (Å²) in [7, 11) is 0. The van der Waals surface area contributed by atoms with E-state index >= 15 is 0 Å². The average Bonchev–Trinajstić information content (AvgIpc) is 2.81. The maximum absolute atomic E-state index is 11.9. The minimum absolute atomic E-state index is 0.0969. The van der Waals surface area contributed by atoms with Crippen molar-refractivity contribution in [3.63, 3.8) is 0 Å². The standard InChI is InChI=1S/C13H14N2O/c1-10(2)11-4-6-12(7-5-11)13(16)15-9-3-8-14-15/h3-10H,1-2H3. The quantitative estimate of drug-likeness (QED) is 0.770. The Labute approximate surface area is 94.7 Å². The molecule has 1 aromatic heterocycles. The van der Waals surface area contributed by atoms with Crippen molar-refractivity contribution >= 4 is 5.91 Å². The van der Waals surface area contributed by atoms with Crippen LogP contribution in [0.25, 0.3) is 0 Å². The normalized spacial score (nSPS) is 10.7. The van der Waals surface area contributed by atoms with Gasteiger partial charge in [0.15, 0.2) is 0 Å². The van der Waals surface area contributed by atoms with Crippen molar-refractivity contribution in [3.05, 3.63) is 53.9 Å². The van der Waals surface area contributed by atoms with E-state index in [2.05, 4.69) is 18.9 Å². The highest BCUT2D eigenvalue weighted by atomic mass is 16.2. The van der Waals surface area contributed by atoms with E-state index in [0.29, 0.717) is 11.5 Å². The van der Waals surface area contributed by atoms with Crippen molar-refractivity contribution in [1.82, 2.24) is 9.78 Å². The highest BCUT2D eigenvalue weighted by molar-refractivity contribution is 5.95. The molecule has 1 aromatic carbocycles. The smallest absolute Gasteiger partial charge is 0.267 e. The highest BCUT2D eigenvalue weighted by Gasteiger charge is 2.08. The number of carbonyl (C=O) groups is 1. The minimum atomic E-state index is -0.0969. The van der Waals surface area contributed by atoms with Crippen molar-refractivity contribution in [2.45, 2.75) is 19.8 Å². The molecule has 0 amide bonds. The molecule has 0 atom stereocenters. The van der Waals surface area contributed by atoms with Gasteiger partial charge in [-0.2, -0.15) is 5.10 Å². The van der Waals surface area contributed by atoms with Gasteiger partial charge in [0.05, 0.1) is 0 Å². The van der Waals surface area contributed by atoms with Crippen LogP contribution in [0.15, 0.2) is 42.7 Å². The van der Waals surface area contributed by atoms with Gasteiger partial charge in [0.25, 0.3) is 5.91 Å². The molecule has 2 aromatic rings. The second-order valence-corrected chi connectivity index (χ2v) is 4.03. The van der Waals surface area contributed by atoms with Crippen molar-refractivity contribution < 1.29 is 4.79 Å². The van der Waals surface area contributed by atoms with E-state index in [1.54, 1.807) is 18.5 Å². The molecule has 16 heavy (non-hydrogen) atoms. The third-order valence-corrected chi connectivity index (χ3v) is 2.54. The average molecular weight is 214 g/mol. The van der Waals surface area contributed by atoms with E-state index in [-0.39, 0.29) is 5.91 Å². The molecule has 0 saturated heterocycles. The molecule has 82 valence electrons. The second-order valence-electron chi connectivity index (χ2n) is 4.03. The molecule has 1 heterocycles. The summed E-state index contributed by atoms with van der Waals surface area (Å²) in [5.41, 5.74) is 1.89. The molecular formula is C13H14N2O. The van der Waals surface area contributed by atoms with Gasteiger partial charge in [-0.3, -0.25) is 4.79 Å². The molecule has 0 bridgehead atoms. The maximum atomic E-state index is 11.9. The maximum Gasteiger partial charge on any atom is 0.278 e. The van der Waals surface area contributed by atoms with E-state index in [9.17, 15) is 4.79 Å². The number of aromatic nitrogens is 2. The second kappa shape index (κ2) is 4.31. The Morgan fingerprint density at radius 3 is 2.44 bits per heavy atom. The van der Waals surface area contributed by atoms with Crippen LogP contribution in [-0.4, -0.2) is 15.7 Å². The van der Waals surface area contributed by atoms with Crippen LogP contribution in [0.5, 0.6) is 0 Å². The lowest BCUT2D eigenvalue weighted by Crippen LogP contribution is -2.12. The number of nitrogens with zero attached hydrogens (tertiary/aromatic N) is 2. The fourth-order valence-corrected chi connectivity index (χ4v) is 1.53. The van der Waals surface area contributed by atoms with Crippen LogP contribution in [0.2, 0.25) is 0 Å². The molecule has 2 rings (SSSR count). The summed E-state index contributed by atoms with van der Waals surface area (Å²) in [6.07, 6.45) is 3.25. The molecule has 0 aliphatic heterocycles. The Hall–Kier alpha value is -1.90. The number of hydrogen-bond donors (Lipinski definition) is 0. The molecule has 0 unspecified atom stereocenters. The topological polar surface area (TPSA) is 34.9 Å². The highest BCUT2D eigenvalue weighted by Crippen LogP contribution is 2.15. The Morgan fingerprint density at radius 2 is 1.94 bits per heavy atom. The van der Waals surface area contributed by atoms with E-state index in [1.807, 2.05) is 24.3 Å². The lowest BCUT2D eigenvalue weighted by Gasteiger charge is -2.06. The number of benzene rings is 1. The number of carbonyl (C=O) groups excluding carboxylic acids is 1. The van der Waals surface area contributed by atoms with Gasteiger partial charge in [0, 0.05) is 18.0 Å². The van der Waals surface area contributed by atoms with Crippen molar-refractivity contribution in [3.8, 4) is 0 Å². The van der Waals surface area contributed by atoms with Crippen LogP contribution >= 0.6 is 0 Å². The van der Waals surface area contributed by atoms with Gasteiger partial charge in [-0.1, -0.05) is 26.0 Å². The Bertz CT molecular complexity index is 469. The lowest BCUT2D eigenvalue weighted by atomic mass is 10.0. The molecule has 3 heteroatoms. The summed E-state index contributed by atoms with van der Waals surface area (Å²) in [5, 5.41) is 3.92. The van der Waals surface area contributed by atoms with Crippen molar-refractivity contribution in [2.24, 2.45) is 0 Å². The monoisotopic (exact) mass is 214 g/mol. The molecule has 3 nitrogen and oxygen atoms in total. The Morgan fingerprint density at radius 1 is 1.25 bits per heavy atom. The Balaban J connectivity index is 2.25. The summed E-state index contributed by atoms with van der Waals surface area (Å²) in [6.45, 7) is 4.26. The molecule has 0 fully saturated rings. The van der Waals surface area contributed by atoms with Crippen LogP contribution in [0.3, 0.4) is 0 Å². The van der Waals surface area contributed by atoms with E-state index in [0.717, 1.165) is 0 Å². The summed E-state index contributed by atoms with van der Waals surface area (Å²) < 4.78 is 1.34. The van der Waals surface area contributed by atoms with Crippen molar-refractivity contribution in [2.75, 3.05) is 0 Å². The first-order valence-electron chi connectivity index (χ1n) is 5.33. The predicted octanol–water partition coefficient (Wildman–Crippen LogP) is 2.70. The fraction of sp³-hybridized carbons (Fsp3) is 0.231. The Kier molecular flexibility index (Phi) is 2.86. The third kappa shape index (κ3) is 2.03. The molecule has 0 aliphatic rings. The largest absolute Gasteiger partial charge is 0.278 e. The predicted molar refractivity (Wildman–Crippen MR) is 62.5 cm³/mol. The summed E-state index contributed by atoms with van der Waals surface area (Å²) in [5.74, 6) is 0.383. The van der Waals surface area contributed by atoms with E-state index in [4.69, 9.17) is 0 Å². The fourth-order valence-electron chi connectivity index (χ4n) is 1.53. The van der Waals surface area contributed by atoms with Gasteiger partial charge in [0.2, 0.25) is 0 Å². The van der Waals surface area contributed by atoms with Crippen LogP contribution in [0, 0.1) is 0 Å². The molecular weight excluding hydrogens is 200 g/mol. The van der Waals surface area contributed by atoms with Crippen LogP contribution in [-0.2, 0) is 0 Å². The summed E-state index contributed by atoms with van der Waals surface area (Å²) >= 11 is 0. The molecule has 0 saturated carbocycles. The van der Waals surface area contributed by atoms with Gasteiger partial charge < -0.3 is 0 Å².